The summed E-state index contributed by atoms with van der Waals surface area (Å²) in [6.07, 6.45) is 1.85. The first-order valence-electron chi connectivity index (χ1n) is 9.46. The van der Waals surface area contributed by atoms with E-state index in [9.17, 15) is 13.2 Å². The van der Waals surface area contributed by atoms with E-state index in [0.717, 1.165) is 29.4 Å². The average molecular weight is 423 g/mol. The summed E-state index contributed by atoms with van der Waals surface area (Å²) in [7, 11) is -2.96. The largest absolute Gasteiger partial charge is 0.335 e. The average Bonchev–Trinajstić information content (AvgIpc) is 3.26. The van der Waals surface area contributed by atoms with Crippen LogP contribution >= 0.6 is 11.8 Å². The highest BCUT2D eigenvalue weighted by Gasteiger charge is 2.29. The van der Waals surface area contributed by atoms with Crippen LogP contribution in [-0.4, -0.2) is 48.5 Å². The molecule has 0 bridgehead atoms. The Balaban J connectivity index is 1.49. The lowest BCUT2D eigenvalue weighted by Gasteiger charge is -2.09. The fraction of sp³-hybridized carbons (Fsp3) is 0.526. The number of carbonyl (C=O) groups excluding carboxylic acids is 1. The summed E-state index contributed by atoms with van der Waals surface area (Å²) < 4.78 is 22.9. The van der Waals surface area contributed by atoms with Gasteiger partial charge in [-0.2, -0.15) is 5.10 Å². The molecular weight excluding hydrogens is 396 g/mol. The molecular formula is C19H26N4O3S2. The Bertz CT molecular complexity index is 879. The number of amidine groups is 1. The first-order chi connectivity index (χ1) is 13.3. The predicted molar refractivity (Wildman–Crippen MR) is 116 cm³/mol. The molecule has 2 N–H and O–H groups in total. The number of thioether (sulfide) groups is 1. The zero-order chi connectivity index (χ0) is 20.1. The maximum absolute atomic E-state index is 12.0. The van der Waals surface area contributed by atoms with E-state index in [1.165, 1.54) is 0 Å². The lowest BCUT2D eigenvalue weighted by atomic mass is 10.1. The van der Waals surface area contributed by atoms with Crippen LogP contribution in [0.1, 0.15) is 38.7 Å². The number of anilines is 1. The molecule has 1 aromatic carbocycles. The van der Waals surface area contributed by atoms with Gasteiger partial charge in [0, 0.05) is 17.4 Å². The van der Waals surface area contributed by atoms with Gasteiger partial charge in [0.15, 0.2) is 15.0 Å². The third-order valence-electron chi connectivity index (χ3n) is 4.88. The van der Waals surface area contributed by atoms with Gasteiger partial charge in [-0.1, -0.05) is 30.8 Å². The topological polar surface area (TPSA) is 100.0 Å². The van der Waals surface area contributed by atoms with E-state index in [-0.39, 0.29) is 29.8 Å². The molecule has 0 aromatic heterocycles. The van der Waals surface area contributed by atoms with E-state index in [2.05, 4.69) is 27.8 Å². The van der Waals surface area contributed by atoms with E-state index in [1.54, 1.807) is 11.8 Å². The lowest BCUT2D eigenvalue weighted by Crippen LogP contribution is -2.22. The van der Waals surface area contributed by atoms with E-state index in [4.69, 9.17) is 0 Å². The van der Waals surface area contributed by atoms with Gasteiger partial charge in [-0.15, -0.1) is 0 Å². The number of aliphatic imine (C=N–C) groups is 1. The van der Waals surface area contributed by atoms with E-state index in [0.29, 0.717) is 17.4 Å². The second-order valence-electron chi connectivity index (χ2n) is 7.20. The van der Waals surface area contributed by atoms with Gasteiger partial charge in [0.05, 0.1) is 23.8 Å². The number of hydrogen-bond acceptors (Lipinski definition) is 7. The molecule has 1 fully saturated rings. The molecule has 3 rings (SSSR count). The maximum atomic E-state index is 12.0. The zero-order valence-corrected chi connectivity index (χ0v) is 17.8. The summed E-state index contributed by atoms with van der Waals surface area (Å²) in [5, 5.41) is 8.98. The van der Waals surface area contributed by atoms with Gasteiger partial charge in [0.2, 0.25) is 5.91 Å². The van der Waals surface area contributed by atoms with Crippen LogP contribution in [0.4, 0.5) is 5.69 Å². The summed E-state index contributed by atoms with van der Waals surface area (Å²) >= 11 is 1.77. The van der Waals surface area contributed by atoms with Crippen molar-refractivity contribution in [2.24, 2.45) is 16.0 Å². The fourth-order valence-electron chi connectivity index (χ4n) is 3.17. The zero-order valence-electron chi connectivity index (χ0n) is 16.1. The summed E-state index contributed by atoms with van der Waals surface area (Å²) in [5.41, 5.74) is 5.10. The van der Waals surface area contributed by atoms with Crippen molar-refractivity contribution in [2.45, 2.75) is 38.4 Å². The Labute approximate surface area is 170 Å². The first kappa shape index (κ1) is 20.9. The number of amides is 1. The van der Waals surface area contributed by atoms with Gasteiger partial charge in [0.25, 0.3) is 0 Å². The van der Waals surface area contributed by atoms with Crippen molar-refractivity contribution in [1.82, 2.24) is 5.43 Å². The van der Waals surface area contributed by atoms with E-state index < -0.39 is 9.84 Å². The standard InChI is InChI=1S/C19H26N4O3S2/c1-3-17-11-20-19(27-17)21-16-6-4-15(5-7-16)13(2)22-23-18(24)10-14-8-9-28(25,26)12-14/h4-7,14,17H,3,8-12H2,1-2H3,(H,20,21)(H,23,24)/b22-13-/t14-,17+/m1/s1. The molecule has 9 heteroatoms. The molecule has 0 spiro atoms. The highest BCUT2D eigenvalue weighted by molar-refractivity contribution is 8.15. The van der Waals surface area contributed by atoms with Gasteiger partial charge >= 0.3 is 0 Å². The van der Waals surface area contributed by atoms with Crippen LogP contribution < -0.4 is 10.7 Å². The van der Waals surface area contributed by atoms with Crippen LogP contribution in [0.25, 0.3) is 0 Å². The number of nitrogens with zero attached hydrogens (tertiary/aromatic N) is 2. The monoisotopic (exact) mass is 422 g/mol. The van der Waals surface area contributed by atoms with Crippen LogP contribution in [0.3, 0.4) is 0 Å². The number of carbonyl (C=O) groups is 1. The molecule has 2 atom stereocenters. The summed E-state index contributed by atoms with van der Waals surface area (Å²) in [6.45, 7) is 4.85. The molecule has 7 nitrogen and oxygen atoms in total. The minimum Gasteiger partial charge on any atom is -0.335 e. The summed E-state index contributed by atoms with van der Waals surface area (Å²) in [6, 6.07) is 7.80. The van der Waals surface area contributed by atoms with Crippen LogP contribution in [0.2, 0.25) is 0 Å². The maximum Gasteiger partial charge on any atom is 0.240 e. The molecule has 0 unspecified atom stereocenters. The van der Waals surface area contributed by atoms with Gasteiger partial charge in [-0.25, -0.2) is 13.8 Å². The third kappa shape index (κ3) is 5.81. The first-order valence-corrected chi connectivity index (χ1v) is 12.2. The molecule has 0 radical (unpaired) electrons. The van der Waals surface area contributed by atoms with Gasteiger partial charge < -0.3 is 5.32 Å². The molecule has 1 saturated heterocycles. The Hall–Kier alpha value is -1.87. The predicted octanol–water partition coefficient (Wildman–Crippen LogP) is 2.64. The molecule has 0 saturated carbocycles. The molecule has 2 aliphatic heterocycles. The smallest absolute Gasteiger partial charge is 0.240 e. The van der Waals surface area contributed by atoms with Crippen molar-refractivity contribution in [1.29, 1.82) is 0 Å². The van der Waals surface area contributed by atoms with Gasteiger partial charge in [0.1, 0.15) is 0 Å². The highest BCUT2D eigenvalue weighted by Crippen LogP contribution is 2.25. The van der Waals surface area contributed by atoms with Crippen LogP contribution in [0.15, 0.2) is 34.4 Å². The SMILES string of the molecule is CC[C@H]1CN=C(Nc2ccc(/C(C)=N\NC(=O)C[C@H]3CCS(=O)(=O)C3)cc2)S1. The minimum atomic E-state index is -2.96. The van der Waals surface area contributed by atoms with Crippen molar-refractivity contribution < 1.29 is 13.2 Å². The molecule has 152 valence electrons. The molecule has 2 heterocycles. The van der Waals surface area contributed by atoms with Gasteiger partial charge in [-0.05, 0) is 43.4 Å². The Morgan fingerprint density at radius 2 is 2.07 bits per heavy atom. The molecule has 1 amide bonds. The van der Waals surface area contributed by atoms with Crippen molar-refractivity contribution in [2.75, 3.05) is 23.4 Å². The number of benzene rings is 1. The number of rotatable bonds is 6. The minimum absolute atomic E-state index is 0.0974. The van der Waals surface area contributed by atoms with Crippen molar-refractivity contribution in [3.8, 4) is 0 Å². The third-order valence-corrected chi connectivity index (χ3v) is 7.98. The Kier molecular flexibility index (Phi) is 6.77. The number of hydrogen-bond donors (Lipinski definition) is 2. The van der Waals surface area contributed by atoms with E-state index in [1.807, 2.05) is 31.2 Å². The van der Waals surface area contributed by atoms with Crippen molar-refractivity contribution >= 4 is 44.1 Å². The summed E-state index contributed by atoms with van der Waals surface area (Å²) in [4.78, 5) is 16.5. The van der Waals surface area contributed by atoms with Crippen LogP contribution in [-0.2, 0) is 14.6 Å². The van der Waals surface area contributed by atoms with E-state index >= 15 is 0 Å². The molecule has 28 heavy (non-hydrogen) atoms. The Morgan fingerprint density at radius 1 is 1.32 bits per heavy atom. The number of nitrogens with one attached hydrogen (secondary N) is 2. The number of hydrazone groups is 1. The molecule has 1 aromatic rings. The lowest BCUT2D eigenvalue weighted by molar-refractivity contribution is -0.121. The van der Waals surface area contributed by atoms with Gasteiger partial charge in [-0.3, -0.25) is 9.79 Å². The molecule has 2 aliphatic rings. The highest BCUT2D eigenvalue weighted by atomic mass is 32.2. The second-order valence-corrected chi connectivity index (χ2v) is 10.7. The van der Waals surface area contributed by atoms with Crippen LogP contribution in [0.5, 0.6) is 0 Å². The number of sulfone groups is 1. The van der Waals surface area contributed by atoms with Crippen LogP contribution in [0, 0.1) is 5.92 Å². The van der Waals surface area contributed by atoms with Crippen molar-refractivity contribution in [3.63, 3.8) is 0 Å². The Morgan fingerprint density at radius 3 is 2.68 bits per heavy atom. The summed E-state index contributed by atoms with van der Waals surface area (Å²) in [5.74, 6) is -0.0753. The fourth-order valence-corrected chi connectivity index (χ4v) is 5.99. The molecule has 0 aliphatic carbocycles. The van der Waals surface area contributed by atoms with Crippen molar-refractivity contribution in [3.05, 3.63) is 29.8 Å². The normalized spacial score (nSPS) is 24.1. The quantitative estimate of drug-likeness (QED) is 0.542. The second kappa shape index (κ2) is 9.09.